The average Bonchev–Trinajstić information content (AvgIpc) is 3.64. The summed E-state index contributed by atoms with van der Waals surface area (Å²) in [5.74, 6) is 1.37. The summed E-state index contributed by atoms with van der Waals surface area (Å²) < 4.78 is 25.3. The normalized spacial score (nSPS) is 17.8. The average molecular weight is 443 g/mol. The zero-order chi connectivity index (χ0) is 22.5. The Morgan fingerprint density at radius 3 is 2.69 bits per heavy atom. The van der Waals surface area contributed by atoms with E-state index in [1.807, 2.05) is 19.1 Å². The number of rotatable bonds is 9. The smallest absolute Gasteiger partial charge is 0.306 e. The molecule has 1 aromatic carbocycles. The molecule has 4 rings (SSSR count). The largest absolute Gasteiger partial charge is 0.473 e. The molecule has 2 aromatic rings. The van der Waals surface area contributed by atoms with Crippen LogP contribution in [0.25, 0.3) is 0 Å². The van der Waals surface area contributed by atoms with E-state index in [9.17, 15) is 14.3 Å². The summed E-state index contributed by atoms with van der Waals surface area (Å²) in [6.45, 7) is 3.96. The molecule has 0 amide bonds. The number of ether oxygens (including phenoxy) is 2. The third-order valence-corrected chi connectivity index (χ3v) is 6.27. The molecule has 7 heteroatoms. The quantitative estimate of drug-likeness (QED) is 0.580. The van der Waals surface area contributed by atoms with Crippen LogP contribution in [0.3, 0.4) is 0 Å². The van der Waals surface area contributed by atoms with E-state index in [2.05, 4.69) is 9.88 Å². The Labute approximate surface area is 188 Å². The number of carbonyl (C=O) groups excluding carboxylic acids is 1. The van der Waals surface area contributed by atoms with Crippen LogP contribution in [0.5, 0.6) is 5.88 Å². The zero-order valence-electron chi connectivity index (χ0n) is 18.5. The lowest BCUT2D eigenvalue weighted by Gasteiger charge is -2.32. The number of aliphatic hydroxyl groups is 1. The molecule has 1 N–H and O–H groups in total. The van der Waals surface area contributed by atoms with Gasteiger partial charge < -0.3 is 19.5 Å². The number of benzene rings is 1. The Bertz CT molecular complexity index is 926. The Kier molecular flexibility index (Phi) is 7.25. The number of nitrogens with zero attached hydrogens (tertiary/aromatic N) is 2. The molecular weight excluding hydrogens is 411 g/mol. The molecule has 2 fully saturated rings. The number of piperidine rings is 1. The second-order valence-electron chi connectivity index (χ2n) is 8.70. The Morgan fingerprint density at radius 2 is 2.00 bits per heavy atom. The highest BCUT2D eigenvalue weighted by Gasteiger charge is 2.31. The highest BCUT2D eigenvalue weighted by Crippen LogP contribution is 2.41. The lowest BCUT2D eigenvalue weighted by molar-refractivity contribution is -0.144. The number of pyridine rings is 1. The summed E-state index contributed by atoms with van der Waals surface area (Å²) >= 11 is 0. The van der Waals surface area contributed by atoms with E-state index in [4.69, 9.17) is 9.47 Å². The van der Waals surface area contributed by atoms with Gasteiger partial charge in [0.1, 0.15) is 18.2 Å². The third kappa shape index (κ3) is 5.76. The summed E-state index contributed by atoms with van der Waals surface area (Å²) in [6.07, 6.45) is 3.71. The highest BCUT2D eigenvalue weighted by atomic mass is 19.1. The van der Waals surface area contributed by atoms with Crippen molar-refractivity contribution in [3.05, 3.63) is 53.3 Å². The fourth-order valence-electron chi connectivity index (χ4n) is 4.18. The first-order chi connectivity index (χ1) is 15.5. The van der Waals surface area contributed by atoms with Gasteiger partial charge in [-0.05, 0) is 62.1 Å². The van der Waals surface area contributed by atoms with E-state index in [1.165, 1.54) is 6.07 Å². The molecule has 1 aromatic heterocycles. The summed E-state index contributed by atoms with van der Waals surface area (Å²) in [7, 11) is 0. The molecule has 1 aliphatic carbocycles. The molecule has 0 radical (unpaired) electrons. The number of esters is 1. The van der Waals surface area contributed by atoms with Gasteiger partial charge in [0.15, 0.2) is 0 Å². The molecular formula is C25H31FN2O4. The van der Waals surface area contributed by atoms with Gasteiger partial charge >= 0.3 is 5.97 Å². The molecule has 1 atom stereocenters. The number of anilines is 1. The van der Waals surface area contributed by atoms with Crippen molar-refractivity contribution in [3.8, 4) is 5.88 Å². The lowest BCUT2D eigenvalue weighted by Crippen LogP contribution is -2.35. The van der Waals surface area contributed by atoms with E-state index in [1.54, 1.807) is 18.2 Å². The predicted molar refractivity (Wildman–Crippen MR) is 119 cm³/mol. The minimum atomic E-state index is -0.584. The number of aliphatic hydroxyl groups excluding tert-OH is 1. The first-order valence-electron chi connectivity index (χ1n) is 11.5. The van der Waals surface area contributed by atoms with Crippen molar-refractivity contribution >= 4 is 11.8 Å². The molecule has 0 spiro atoms. The summed E-state index contributed by atoms with van der Waals surface area (Å²) in [5.41, 5.74) is 1.06. The number of halogens is 1. The minimum absolute atomic E-state index is 0.0731. The van der Waals surface area contributed by atoms with Gasteiger partial charge in [0.05, 0.1) is 12.7 Å². The van der Waals surface area contributed by atoms with Crippen LogP contribution in [-0.2, 0) is 16.1 Å². The van der Waals surface area contributed by atoms with Crippen molar-refractivity contribution in [2.75, 3.05) is 24.6 Å². The van der Waals surface area contributed by atoms with Crippen molar-refractivity contribution in [1.82, 2.24) is 4.98 Å². The van der Waals surface area contributed by atoms with Crippen LogP contribution < -0.4 is 9.64 Å². The Hall–Kier alpha value is -2.67. The van der Waals surface area contributed by atoms with E-state index < -0.39 is 6.10 Å². The van der Waals surface area contributed by atoms with E-state index in [0.29, 0.717) is 36.0 Å². The summed E-state index contributed by atoms with van der Waals surface area (Å²) in [6, 6.07) is 10.4. The van der Waals surface area contributed by atoms with Crippen LogP contribution in [0.1, 0.15) is 56.3 Å². The number of aromatic nitrogens is 1. The molecule has 0 bridgehead atoms. The highest BCUT2D eigenvalue weighted by molar-refractivity contribution is 5.69. The summed E-state index contributed by atoms with van der Waals surface area (Å²) in [5, 5.41) is 10.2. The van der Waals surface area contributed by atoms with Crippen LogP contribution in [0, 0.1) is 17.7 Å². The van der Waals surface area contributed by atoms with Crippen LogP contribution in [0.15, 0.2) is 36.4 Å². The fourth-order valence-corrected chi connectivity index (χ4v) is 4.18. The van der Waals surface area contributed by atoms with Crippen molar-refractivity contribution in [1.29, 1.82) is 0 Å². The predicted octanol–water partition coefficient (Wildman–Crippen LogP) is 4.41. The van der Waals surface area contributed by atoms with Gasteiger partial charge in [-0.2, -0.15) is 4.98 Å². The Balaban J connectivity index is 1.30. The first kappa shape index (κ1) is 22.5. The molecule has 1 saturated carbocycles. The van der Waals surface area contributed by atoms with E-state index >= 15 is 0 Å². The molecule has 6 nitrogen and oxygen atoms in total. The molecule has 32 heavy (non-hydrogen) atoms. The standard InChI is InChI=1S/C25H31FN2O4/c1-2-31-24(29)14-17-10-12-28(13-11-17)22-4-3-5-23(27-22)32-16-20-9-8-19(15-21(20)26)25(30)18-6-7-18/h3-5,8-9,15,17-18,25,30H,2,6-7,10-14,16H2,1H3. The molecule has 2 heterocycles. The van der Waals surface area contributed by atoms with Crippen molar-refractivity contribution in [2.45, 2.75) is 51.7 Å². The van der Waals surface area contributed by atoms with Gasteiger partial charge in [-0.25, -0.2) is 4.39 Å². The fraction of sp³-hybridized carbons (Fsp3) is 0.520. The molecule has 2 aliphatic rings. The number of carbonyl (C=O) groups is 1. The van der Waals surface area contributed by atoms with Crippen LogP contribution in [0.2, 0.25) is 0 Å². The maximum absolute atomic E-state index is 14.5. The Morgan fingerprint density at radius 1 is 1.22 bits per heavy atom. The third-order valence-electron chi connectivity index (χ3n) is 6.27. The van der Waals surface area contributed by atoms with Crippen LogP contribution >= 0.6 is 0 Å². The van der Waals surface area contributed by atoms with Gasteiger partial charge in [0, 0.05) is 31.1 Å². The maximum Gasteiger partial charge on any atom is 0.306 e. The number of hydrogen-bond acceptors (Lipinski definition) is 6. The van der Waals surface area contributed by atoms with Gasteiger partial charge in [-0.1, -0.05) is 18.2 Å². The van der Waals surface area contributed by atoms with Crippen molar-refractivity contribution in [2.24, 2.45) is 11.8 Å². The summed E-state index contributed by atoms with van der Waals surface area (Å²) in [4.78, 5) is 18.5. The first-order valence-corrected chi connectivity index (χ1v) is 11.5. The minimum Gasteiger partial charge on any atom is -0.473 e. The molecule has 1 saturated heterocycles. The van der Waals surface area contributed by atoms with Crippen molar-refractivity contribution in [3.63, 3.8) is 0 Å². The molecule has 1 aliphatic heterocycles. The second-order valence-corrected chi connectivity index (χ2v) is 8.70. The van der Waals surface area contributed by atoms with Gasteiger partial charge in [0.25, 0.3) is 0 Å². The van der Waals surface area contributed by atoms with Gasteiger partial charge in [0.2, 0.25) is 5.88 Å². The van der Waals surface area contributed by atoms with Crippen molar-refractivity contribution < 1.29 is 23.8 Å². The van der Waals surface area contributed by atoms with E-state index in [0.717, 1.165) is 44.6 Å². The second kappa shape index (κ2) is 10.3. The topological polar surface area (TPSA) is 71.9 Å². The monoisotopic (exact) mass is 442 g/mol. The number of hydrogen-bond donors (Lipinski definition) is 1. The maximum atomic E-state index is 14.5. The van der Waals surface area contributed by atoms with Crippen LogP contribution in [-0.4, -0.2) is 35.8 Å². The lowest BCUT2D eigenvalue weighted by atomic mass is 9.93. The van der Waals surface area contributed by atoms with E-state index in [-0.39, 0.29) is 24.3 Å². The van der Waals surface area contributed by atoms with Crippen LogP contribution in [0.4, 0.5) is 10.2 Å². The zero-order valence-corrected chi connectivity index (χ0v) is 18.5. The van der Waals surface area contributed by atoms with Gasteiger partial charge in [-0.15, -0.1) is 0 Å². The molecule has 1 unspecified atom stereocenters. The van der Waals surface area contributed by atoms with Gasteiger partial charge in [-0.3, -0.25) is 4.79 Å². The SMILES string of the molecule is CCOC(=O)CC1CCN(c2cccc(OCc3ccc(C(O)C4CC4)cc3F)n2)CC1. The molecule has 172 valence electrons.